The highest BCUT2D eigenvalue weighted by molar-refractivity contribution is 5.95. The van der Waals surface area contributed by atoms with Crippen molar-refractivity contribution in [3.63, 3.8) is 0 Å². The summed E-state index contributed by atoms with van der Waals surface area (Å²) < 4.78 is 5.90. The lowest BCUT2D eigenvalue weighted by molar-refractivity contribution is 0.0671. The molecule has 0 bridgehead atoms. The van der Waals surface area contributed by atoms with Gasteiger partial charge in [0.25, 0.3) is 5.91 Å². The number of ether oxygens (including phenoxy) is 1. The third-order valence-corrected chi connectivity index (χ3v) is 5.70. The van der Waals surface area contributed by atoms with Crippen molar-refractivity contribution in [2.45, 2.75) is 13.3 Å². The van der Waals surface area contributed by atoms with Gasteiger partial charge in [-0.3, -0.25) is 4.79 Å². The molecule has 0 radical (unpaired) electrons. The summed E-state index contributed by atoms with van der Waals surface area (Å²) in [5, 5.41) is 2.90. The second kappa shape index (κ2) is 10.7. The van der Waals surface area contributed by atoms with Gasteiger partial charge in [0.15, 0.2) is 0 Å². The largest absolute Gasteiger partial charge is 0.493 e. The van der Waals surface area contributed by atoms with Gasteiger partial charge in [-0.2, -0.15) is 0 Å². The highest BCUT2D eigenvalue weighted by atomic mass is 16.5. The summed E-state index contributed by atoms with van der Waals surface area (Å²) in [5.41, 5.74) is 3.83. The molecule has 170 valence electrons. The third-order valence-electron chi connectivity index (χ3n) is 5.70. The lowest BCUT2D eigenvalue weighted by Gasteiger charge is -2.34. The van der Waals surface area contributed by atoms with Gasteiger partial charge in [0, 0.05) is 43.9 Å². The molecule has 0 aliphatic carbocycles. The van der Waals surface area contributed by atoms with Gasteiger partial charge in [0.1, 0.15) is 5.75 Å². The number of carbonyl (C=O) groups excluding carboxylic acids is 2. The molecule has 3 aromatic rings. The van der Waals surface area contributed by atoms with Gasteiger partial charge in [-0.05, 0) is 42.8 Å². The first-order valence-corrected chi connectivity index (χ1v) is 11.3. The molecule has 1 heterocycles. The molecule has 33 heavy (non-hydrogen) atoms. The first-order chi connectivity index (χ1) is 16.1. The zero-order chi connectivity index (χ0) is 23.0. The van der Waals surface area contributed by atoms with E-state index in [0.717, 1.165) is 12.1 Å². The molecule has 0 atom stereocenters. The Kier molecular flexibility index (Phi) is 7.25. The van der Waals surface area contributed by atoms with Crippen LogP contribution in [-0.2, 0) is 6.42 Å². The Morgan fingerprint density at radius 3 is 2.33 bits per heavy atom. The van der Waals surface area contributed by atoms with Crippen LogP contribution in [0.2, 0.25) is 0 Å². The molecule has 6 heteroatoms. The maximum absolute atomic E-state index is 13.0. The molecule has 1 saturated heterocycles. The number of carbonyl (C=O) groups is 2. The molecule has 1 aliphatic heterocycles. The fourth-order valence-corrected chi connectivity index (χ4v) is 3.89. The van der Waals surface area contributed by atoms with Crippen LogP contribution in [0.25, 0.3) is 0 Å². The lowest BCUT2D eigenvalue weighted by Crippen LogP contribution is -2.51. The SMILES string of the molecule is Cc1cccc(CCOc2cccc(C(=O)N3CCN(C(=O)Nc4ccccc4)CC3)c2)c1. The number of nitrogens with one attached hydrogen (secondary N) is 1. The van der Waals surface area contributed by atoms with Crippen LogP contribution < -0.4 is 10.1 Å². The van der Waals surface area contributed by atoms with Gasteiger partial charge in [-0.1, -0.05) is 54.1 Å². The van der Waals surface area contributed by atoms with E-state index >= 15 is 0 Å². The molecule has 0 spiro atoms. The number of piperazine rings is 1. The fraction of sp³-hybridized carbons (Fsp3) is 0.259. The molecule has 0 aromatic heterocycles. The number of para-hydroxylation sites is 1. The molecule has 3 aromatic carbocycles. The number of hydrogen-bond acceptors (Lipinski definition) is 3. The van der Waals surface area contributed by atoms with Crippen LogP contribution in [0.1, 0.15) is 21.5 Å². The number of rotatable bonds is 6. The maximum Gasteiger partial charge on any atom is 0.321 e. The third kappa shape index (κ3) is 6.13. The van der Waals surface area contributed by atoms with E-state index in [1.165, 1.54) is 11.1 Å². The Labute approximate surface area is 194 Å². The van der Waals surface area contributed by atoms with E-state index in [1.807, 2.05) is 48.5 Å². The Bertz CT molecular complexity index is 1090. The minimum Gasteiger partial charge on any atom is -0.493 e. The Hall–Kier alpha value is -3.80. The van der Waals surface area contributed by atoms with Gasteiger partial charge in [-0.25, -0.2) is 4.79 Å². The van der Waals surface area contributed by atoms with Crippen molar-refractivity contribution in [1.82, 2.24) is 9.80 Å². The summed E-state index contributed by atoms with van der Waals surface area (Å²) in [5.74, 6) is 0.650. The number of hydrogen-bond donors (Lipinski definition) is 1. The van der Waals surface area contributed by atoms with Crippen LogP contribution >= 0.6 is 0 Å². The van der Waals surface area contributed by atoms with E-state index in [0.29, 0.717) is 44.1 Å². The quantitative estimate of drug-likeness (QED) is 0.605. The lowest BCUT2D eigenvalue weighted by atomic mass is 10.1. The Morgan fingerprint density at radius 2 is 1.58 bits per heavy atom. The highest BCUT2D eigenvalue weighted by Crippen LogP contribution is 2.17. The molecular weight excluding hydrogens is 414 g/mol. The van der Waals surface area contributed by atoms with E-state index in [-0.39, 0.29) is 11.9 Å². The average molecular weight is 444 g/mol. The van der Waals surface area contributed by atoms with Crippen molar-refractivity contribution in [2.24, 2.45) is 0 Å². The zero-order valence-electron chi connectivity index (χ0n) is 18.9. The predicted octanol–water partition coefficient (Wildman–Crippen LogP) is 4.61. The standard InChI is InChI=1S/C27H29N3O3/c1-21-7-5-8-22(19-21)13-18-33-25-12-6-9-23(20-25)26(31)29-14-16-30(17-15-29)27(32)28-24-10-3-2-4-11-24/h2-12,19-20H,13-18H2,1H3,(H,28,32). The van der Waals surface area contributed by atoms with Crippen LogP contribution in [0.5, 0.6) is 5.75 Å². The maximum atomic E-state index is 13.0. The summed E-state index contributed by atoms with van der Waals surface area (Å²) in [6.07, 6.45) is 0.812. The molecule has 1 N–H and O–H groups in total. The molecule has 1 fully saturated rings. The number of amides is 3. The van der Waals surface area contributed by atoms with E-state index in [4.69, 9.17) is 4.74 Å². The van der Waals surface area contributed by atoms with Crippen LogP contribution in [0.4, 0.5) is 10.5 Å². The van der Waals surface area contributed by atoms with Crippen molar-refractivity contribution < 1.29 is 14.3 Å². The van der Waals surface area contributed by atoms with E-state index in [1.54, 1.807) is 15.9 Å². The minimum atomic E-state index is -0.141. The Morgan fingerprint density at radius 1 is 0.848 bits per heavy atom. The van der Waals surface area contributed by atoms with Crippen molar-refractivity contribution >= 4 is 17.6 Å². The number of nitrogens with zero attached hydrogens (tertiary/aromatic N) is 2. The first-order valence-electron chi connectivity index (χ1n) is 11.3. The topological polar surface area (TPSA) is 61.9 Å². The number of aryl methyl sites for hydroxylation is 1. The van der Waals surface area contributed by atoms with Gasteiger partial charge in [0.2, 0.25) is 0 Å². The van der Waals surface area contributed by atoms with Crippen LogP contribution in [-0.4, -0.2) is 54.5 Å². The average Bonchev–Trinajstić information content (AvgIpc) is 2.84. The zero-order valence-corrected chi connectivity index (χ0v) is 18.9. The van der Waals surface area contributed by atoms with Crippen molar-refractivity contribution in [1.29, 1.82) is 0 Å². The van der Waals surface area contributed by atoms with Crippen LogP contribution in [0, 0.1) is 6.92 Å². The normalized spacial score (nSPS) is 13.5. The van der Waals surface area contributed by atoms with E-state index < -0.39 is 0 Å². The summed E-state index contributed by atoms with van der Waals surface area (Å²) in [6.45, 7) is 4.62. The molecule has 3 amide bonds. The van der Waals surface area contributed by atoms with E-state index in [9.17, 15) is 9.59 Å². The fourth-order valence-electron chi connectivity index (χ4n) is 3.89. The number of anilines is 1. The molecule has 1 aliphatic rings. The summed E-state index contributed by atoms with van der Waals surface area (Å²) in [7, 11) is 0. The van der Waals surface area contributed by atoms with Crippen molar-refractivity contribution in [3.05, 3.63) is 95.6 Å². The second-order valence-electron chi connectivity index (χ2n) is 8.19. The highest BCUT2D eigenvalue weighted by Gasteiger charge is 2.25. The van der Waals surface area contributed by atoms with Crippen LogP contribution in [0.15, 0.2) is 78.9 Å². The minimum absolute atomic E-state index is 0.0396. The van der Waals surface area contributed by atoms with Crippen LogP contribution in [0.3, 0.4) is 0 Å². The first kappa shape index (κ1) is 22.4. The summed E-state index contributed by atoms with van der Waals surface area (Å²) in [6, 6.07) is 24.9. The molecular formula is C27H29N3O3. The molecule has 4 rings (SSSR count). The van der Waals surface area contributed by atoms with E-state index in [2.05, 4.69) is 36.5 Å². The second-order valence-corrected chi connectivity index (χ2v) is 8.19. The number of urea groups is 1. The van der Waals surface area contributed by atoms with Gasteiger partial charge in [0.05, 0.1) is 6.61 Å². The van der Waals surface area contributed by atoms with Gasteiger partial charge >= 0.3 is 6.03 Å². The monoisotopic (exact) mass is 443 g/mol. The van der Waals surface area contributed by atoms with Gasteiger partial charge < -0.3 is 19.9 Å². The van der Waals surface area contributed by atoms with Crippen molar-refractivity contribution in [3.8, 4) is 5.75 Å². The summed E-state index contributed by atoms with van der Waals surface area (Å²) >= 11 is 0. The molecule has 0 saturated carbocycles. The predicted molar refractivity (Wildman–Crippen MR) is 130 cm³/mol. The smallest absolute Gasteiger partial charge is 0.321 e. The molecule has 0 unspecified atom stereocenters. The summed E-state index contributed by atoms with van der Waals surface area (Å²) in [4.78, 5) is 29.0. The Balaban J connectivity index is 1.27. The molecule has 6 nitrogen and oxygen atoms in total. The van der Waals surface area contributed by atoms with Crippen molar-refractivity contribution in [2.75, 3.05) is 38.1 Å². The number of benzene rings is 3. The van der Waals surface area contributed by atoms with Gasteiger partial charge in [-0.15, -0.1) is 0 Å².